The highest BCUT2D eigenvalue weighted by atomic mass is 16.5. The standard InChI is InChI=1S/C12H19NO2/c1-9(2)11(12(3,4)14)15-10-7-5-6-8-13-10/h5-9,11,14H,1-4H3. The SMILES string of the molecule is CC(C)C(Oc1ccccn1)C(C)(C)O. The van der Waals surface area contributed by atoms with Crippen molar-refractivity contribution in [1.82, 2.24) is 4.98 Å². The van der Waals surface area contributed by atoms with Gasteiger partial charge in [0.15, 0.2) is 0 Å². The van der Waals surface area contributed by atoms with Crippen LogP contribution in [0.5, 0.6) is 5.88 Å². The fourth-order valence-electron chi connectivity index (χ4n) is 1.64. The summed E-state index contributed by atoms with van der Waals surface area (Å²) in [4.78, 5) is 4.08. The second kappa shape index (κ2) is 4.62. The van der Waals surface area contributed by atoms with Crippen LogP contribution in [-0.4, -0.2) is 21.8 Å². The lowest BCUT2D eigenvalue weighted by atomic mass is 9.92. The maximum atomic E-state index is 9.96. The average Bonchev–Trinajstić information content (AvgIpc) is 2.13. The molecule has 0 aliphatic heterocycles. The summed E-state index contributed by atoms with van der Waals surface area (Å²) in [5.74, 6) is 0.783. The second-order valence-electron chi connectivity index (χ2n) is 4.60. The molecule has 1 atom stereocenters. The molecule has 0 aliphatic carbocycles. The average molecular weight is 209 g/mol. The number of hydrogen-bond donors (Lipinski definition) is 1. The molecule has 1 rings (SSSR count). The highest BCUT2D eigenvalue weighted by Crippen LogP contribution is 2.22. The molecular weight excluding hydrogens is 190 g/mol. The topological polar surface area (TPSA) is 42.4 Å². The summed E-state index contributed by atoms with van der Waals surface area (Å²) in [6, 6.07) is 5.49. The number of nitrogens with zero attached hydrogens (tertiary/aromatic N) is 1. The van der Waals surface area contributed by atoms with E-state index >= 15 is 0 Å². The van der Waals surface area contributed by atoms with Gasteiger partial charge in [-0.05, 0) is 25.8 Å². The molecule has 1 unspecified atom stereocenters. The van der Waals surface area contributed by atoms with Gasteiger partial charge in [-0.15, -0.1) is 0 Å². The molecule has 3 heteroatoms. The predicted molar refractivity (Wildman–Crippen MR) is 59.8 cm³/mol. The van der Waals surface area contributed by atoms with Crippen LogP contribution in [0.2, 0.25) is 0 Å². The Hall–Kier alpha value is -1.09. The maximum Gasteiger partial charge on any atom is 0.213 e. The first-order chi connectivity index (χ1) is 6.91. The first-order valence-electron chi connectivity index (χ1n) is 5.21. The molecule has 3 nitrogen and oxygen atoms in total. The second-order valence-corrected chi connectivity index (χ2v) is 4.60. The van der Waals surface area contributed by atoms with Crippen molar-refractivity contribution in [3.8, 4) is 5.88 Å². The highest BCUT2D eigenvalue weighted by molar-refractivity contribution is 5.10. The Bertz CT molecular complexity index is 290. The molecule has 1 aromatic heterocycles. The third-order valence-corrected chi connectivity index (χ3v) is 2.19. The lowest BCUT2D eigenvalue weighted by Gasteiger charge is -2.32. The minimum atomic E-state index is -0.869. The van der Waals surface area contributed by atoms with Crippen LogP contribution in [0.4, 0.5) is 0 Å². The van der Waals surface area contributed by atoms with Crippen molar-refractivity contribution in [1.29, 1.82) is 0 Å². The van der Waals surface area contributed by atoms with Gasteiger partial charge in [0.1, 0.15) is 6.10 Å². The van der Waals surface area contributed by atoms with Crippen LogP contribution in [0.15, 0.2) is 24.4 Å². The summed E-state index contributed by atoms with van der Waals surface area (Å²) in [5.41, 5.74) is -0.869. The van der Waals surface area contributed by atoms with Gasteiger partial charge >= 0.3 is 0 Å². The summed E-state index contributed by atoms with van der Waals surface area (Å²) in [5, 5.41) is 9.96. The van der Waals surface area contributed by atoms with Crippen LogP contribution in [0, 0.1) is 5.92 Å². The lowest BCUT2D eigenvalue weighted by Crippen LogP contribution is -2.44. The molecule has 0 spiro atoms. The summed E-state index contributed by atoms with van der Waals surface area (Å²) in [7, 11) is 0. The molecule has 1 heterocycles. The zero-order chi connectivity index (χ0) is 11.5. The quantitative estimate of drug-likeness (QED) is 0.827. The molecular formula is C12H19NO2. The van der Waals surface area contributed by atoms with Crippen LogP contribution in [0.25, 0.3) is 0 Å². The number of rotatable bonds is 4. The highest BCUT2D eigenvalue weighted by Gasteiger charge is 2.31. The molecule has 1 aromatic rings. The van der Waals surface area contributed by atoms with Crippen LogP contribution in [0.1, 0.15) is 27.7 Å². The van der Waals surface area contributed by atoms with E-state index in [2.05, 4.69) is 4.98 Å². The van der Waals surface area contributed by atoms with Gasteiger partial charge < -0.3 is 9.84 Å². The predicted octanol–water partition coefficient (Wildman–Crippen LogP) is 2.26. The van der Waals surface area contributed by atoms with Crippen molar-refractivity contribution < 1.29 is 9.84 Å². The van der Waals surface area contributed by atoms with E-state index in [0.717, 1.165) is 0 Å². The molecule has 0 saturated carbocycles. The minimum absolute atomic E-state index is 0.229. The van der Waals surface area contributed by atoms with Gasteiger partial charge in [0.05, 0.1) is 5.60 Å². The number of ether oxygens (including phenoxy) is 1. The van der Waals surface area contributed by atoms with Gasteiger partial charge in [0.2, 0.25) is 5.88 Å². The van der Waals surface area contributed by atoms with Crippen LogP contribution < -0.4 is 4.74 Å². The largest absolute Gasteiger partial charge is 0.471 e. The van der Waals surface area contributed by atoms with E-state index in [0.29, 0.717) is 5.88 Å². The Morgan fingerprint density at radius 3 is 2.40 bits per heavy atom. The maximum absolute atomic E-state index is 9.96. The normalized spacial score (nSPS) is 14.0. The van der Waals surface area contributed by atoms with Crippen LogP contribution >= 0.6 is 0 Å². The Morgan fingerprint density at radius 1 is 1.33 bits per heavy atom. The molecule has 1 N–H and O–H groups in total. The molecule has 0 bridgehead atoms. The van der Waals surface area contributed by atoms with Crippen molar-refractivity contribution in [2.45, 2.75) is 39.4 Å². The van der Waals surface area contributed by atoms with Crippen molar-refractivity contribution in [3.05, 3.63) is 24.4 Å². The van der Waals surface area contributed by atoms with E-state index in [1.54, 1.807) is 26.1 Å². The van der Waals surface area contributed by atoms with Crippen molar-refractivity contribution in [2.75, 3.05) is 0 Å². The van der Waals surface area contributed by atoms with E-state index < -0.39 is 5.60 Å². The van der Waals surface area contributed by atoms with E-state index in [4.69, 9.17) is 4.74 Å². The molecule has 0 saturated heterocycles. The number of hydrogen-bond acceptors (Lipinski definition) is 3. The fraction of sp³-hybridized carbons (Fsp3) is 0.583. The number of aromatic nitrogens is 1. The van der Waals surface area contributed by atoms with Gasteiger partial charge in [-0.1, -0.05) is 19.9 Å². The van der Waals surface area contributed by atoms with Crippen LogP contribution in [-0.2, 0) is 0 Å². The van der Waals surface area contributed by atoms with E-state index in [-0.39, 0.29) is 12.0 Å². The molecule has 15 heavy (non-hydrogen) atoms. The van der Waals surface area contributed by atoms with Crippen molar-refractivity contribution in [2.24, 2.45) is 5.92 Å². The smallest absolute Gasteiger partial charge is 0.213 e. The van der Waals surface area contributed by atoms with Crippen molar-refractivity contribution in [3.63, 3.8) is 0 Å². The monoisotopic (exact) mass is 209 g/mol. The Balaban J connectivity index is 2.77. The number of aliphatic hydroxyl groups is 1. The van der Waals surface area contributed by atoms with Gasteiger partial charge in [-0.2, -0.15) is 0 Å². The Labute approximate surface area is 91.1 Å². The third kappa shape index (κ3) is 3.51. The third-order valence-electron chi connectivity index (χ3n) is 2.19. The van der Waals surface area contributed by atoms with Gasteiger partial charge in [-0.25, -0.2) is 4.98 Å². The molecule has 0 fully saturated rings. The molecule has 0 radical (unpaired) electrons. The first kappa shape index (κ1) is 12.0. The van der Waals surface area contributed by atoms with Gasteiger partial charge in [0.25, 0.3) is 0 Å². The summed E-state index contributed by atoms with van der Waals surface area (Å²) >= 11 is 0. The zero-order valence-corrected chi connectivity index (χ0v) is 9.77. The zero-order valence-electron chi connectivity index (χ0n) is 9.77. The lowest BCUT2D eigenvalue weighted by molar-refractivity contribution is -0.0568. The molecule has 0 aromatic carbocycles. The summed E-state index contributed by atoms with van der Waals surface area (Å²) in [6.07, 6.45) is 1.42. The van der Waals surface area contributed by atoms with E-state index in [1.165, 1.54) is 0 Å². The molecule has 0 aliphatic rings. The molecule has 84 valence electrons. The first-order valence-corrected chi connectivity index (χ1v) is 5.21. The Morgan fingerprint density at radius 2 is 2.00 bits per heavy atom. The summed E-state index contributed by atoms with van der Waals surface area (Å²) in [6.45, 7) is 7.54. The van der Waals surface area contributed by atoms with Crippen LogP contribution in [0.3, 0.4) is 0 Å². The number of pyridine rings is 1. The minimum Gasteiger partial charge on any atom is -0.471 e. The van der Waals surface area contributed by atoms with Gasteiger partial charge in [-0.3, -0.25) is 0 Å². The van der Waals surface area contributed by atoms with E-state index in [1.807, 2.05) is 26.0 Å². The van der Waals surface area contributed by atoms with Gasteiger partial charge in [0, 0.05) is 12.3 Å². The van der Waals surface area contributed by atoms with E-state index in [9.17, 15) is 5.11 Å². The van der Waals surface area contributed by atoms with Crippen molar-refractivity contribution >= 4 is 0 Å². The summed E-state index contributed by atoms with van der Waals surface area (Å²) < 4.78 is 5.68. The fourth-order valence-corrected chi connectivity index (χ4v) is 1.64. The Kier molecular flexibility index (Phi) is 3.69. The molecule has 0 amide bonds.